The fourth-order valence-corrected chi connectivity index (χ4v) is 1.44. The van der Waals surface area contributed by atoms with Crippen molar-refractivity contribution < 1.29 is 0 Å². The third-order valence-electron chi connectivity index (χ3n) is 2.05. The largest absolute Gasteiger partial charge is 0.361 e. The van der Waals surface area contributed by atoms with Crippen LogP contribution >= 0.6 is 0 Å². The van der Waals surface area contributed by atoms with Crippen molar-refractivity contribution in [2.24, 2.45) is 5.73 Å². The molecular formula is C11H12N2. The third-order valence-corrected chi connectivity index (χ3v) is 2.05. The second kappa shape index (κ2) is 3.46. The first-order chi connectivity index (χ1) is 6.42. The normalized spacial score (nSPS) is 11.5. The maximum absolute atomic E-state index is 5.40. The van der Waals surface area contributed by atoms with Gasteiger partial charge in [0.15, 0.2) is 0 Å². The van der Waals surface area contributed by atoms with E-state index in [2.05, 4.69) is 23.2 Å². The van der Waals surface area contributed by atoms with Gasteiger partial charge in [-0.05, 0) is 17.0 Å². The van der Waals surface area contributed by atoms with Crippen molar-refractivity contribution >= 4 is 17.0 Å². The topological polar surface area (TPSA) is 41.8 Å². The first-order valence-corrected chi connectivity index (χ1v) is 4.34. The molecular weight excluding hydrogens is 160 g/mol. The van der Waals surface area contributed by atoms with Gasteiger partial charge in [0, 0.05) is 12.7 Å². The van der Waals surface area contributed by atoms with Crippen LogP contribution in [0.2, 0.25) is 0 Å². The number of H-pyrrole nitrogens is 1. The first kappa shape index (κ1) is 8.08. The van der Waals surface area contributed by atoms with E-state index >= 15 is 0 Å². The van der Waals surface area contributed by atoms with Gasteiger partial charge in [-0.3, -0.25) is 0 Å². The zero-order chi connectivity index (χ0) is 9.10. The highest BCUT2D eigenvalue weighted by Crippen LogP contribution is 2.17. The molecule has 2 nitrogen and oxygen atoms in total. The zero-order valence-corrected chi connectivity index (χ0v) is 7.33. The summed E-state index contributed by atoms with van der Waals surface area (Å²) in [6.45, 7) is 0.580. The van der Waals surface area contributed by atoms with E-state index in [9.17, 15) is 0 Å². The van der Waals surface area contributed by atoms with Gasteiger partial charge in [0.25, 0.3) is 0 Å². The minimum absolute atomic E-state index is 0.580. The lowest BCUT2D eigenvalue weighted by Gasteiger charge is -1.95. The number of hydrogen-bond acceptors (Lipinski definition) is 1. The highest BCUT2D eigenvalue weighted by molar-refractivity contribution is 5.87. The molecule has 1 aromatic heterocycles. The Morgan fingerprint density at radius 2 is 2.23 bits per heavy atom. The van der Waals surface area contributed by atoms with Crippen LogP contribution in [-0.2, 0) is 0 Å². The highest BCUT2D eigenvalue weighted by atomic mass is 14.7. The van der Waals surface area contributed by atoms with Crippen molar-refractivity contribution in [1.29, 1.82) is 0 Å². The lowest BCUT2D eigenvalue weighted by atomic mass is 10.1. The van der Waals surface area contributed by atoms with Gasteiger partial charge in [-0.1, -0.05) is 30.4 Å². The van der Waals surface area contributed by atoms with Crippen LogP contribution in [0.25, 0.3) is 17.0 Å². The van der Waals surface area contributed by atoms with Gasteiger partial charge in [-0.2, -0.15) is 0 Å². The Kier molecular flexibility index (Phi) is 2.15. The average molecular weight is 172 g/mol. The second-order valence-electron chi connectivity index (χ2n) is 2.93. The molecule has 0 aliphatic carbocycles. The summed E-state index contributed by atoms with van der Waals surface area (Å²) in [6, 6.07) is 8.28. The predicted octanol–water partition coefficient (Wildman–Crippen LogP) is 2.14. The number of aromatic nitrogens is 1. The minimum atomic E-state index is 0.580. The van der Waals surface area contributed by atoms with Crippen molar-refractivity contribution in [1.82, 2.24) is 4.98 Å². The molecule has 0 amide bonds. The quantitative estimate of drug-likeness (QED) is 0.716. The number of fused-ring (bicyclic) bond motifs is 1. The highest BCUT2D eigenvalue weighted by Gasteiger charge is 1.96. The van der Waals surface area contributed by atoms with E-state index in [1.54, 1.807) is 0 Å². The van der Waals surface area contributed by atoms with Crippen molar-refractivity contribution in [2.45, 2.75) is 0 Å². The Bertz CT molecular complexity index is 426. The molecule has 0 aliphatic heterocycles. The van der Waals surface area contributed by atoms with Gasteiger partial charge < -0.3 is 10.7 Å². The van der Waals surface area contributed by atoms with Crippen molar-refractivity contribution in [2.75, 3.05) is 6.54 Å². The smallest absolute Gasteiger partial charge is 0.0527 e. The fourth-order valence-electron chi connectivity index (χ4n) is 1.44. The summed E-state index contributed by atoms with van der Waals surface area (Å²) < 4.78 is 0. The van der Waals surface area contributed by atoms with Crippen LogP contribution in [0.15, 0.2) is 36.5 Å². The number of para-hydroxylation sites is 1. The van der Waals surface area contributed by atoms with Gasteiger partial charge in [-0.25, -0.2) is 0 Å². The molecule has 0 radical (unpaired) electrons. The van der Waals surface area contributed by atoms with Crippen molar-refractivity contribution in [3.05, 3.63) is 42.1 Å². The van der Waals surface area contributed by atoms with Gasteiger partial charge in [0.1, 0.15) is 0 Å². The molecule has 0 saturated carbocycles. The van der Waals surface area contributed by atoms with E-state index < -0.39 is 0 Å². The molecule has 0 aliphatic rings. The molecule has 66 valence electrons. The summed E-state index contributed by atoms with van der Waals surface area (Å²) in [5.74, 6) is 0. The van der Waals surface area contributed by atoms with Crippen LogP contribution < -0.4 is 5.73 Å². The summed E-state index contributed by atoms with van der Waals surface area (Å²) in [5.41, 5.74) is 7.76. The van der Waals surface area contributed by atoms with E-state index in [1.165, 1.54) is 16.5 Å². The number of hydrogen-bond donors (Lipinski definition) is 2. The Balaban J connectivity index is 2.54. The van der Waals surface area contributed by atoms with Crippen LogP contribution in [0, 0.1) is 0 Å². The molecule has 0 fully saturated rings. The molecule has 1 heterocycles. The SMILES string of the molecule is NC/C=C/c1cccc2cc[nH]c12. The van der Waals surface area contributed by atoms with Gasteiger partial charge in [0.05, 0.1) is 5.52 Å². The summed E-state index contributed by atoms with van der Waals surface area (Å²) in [6.07, 6.45) is 5.94. The number of rotatable bonds is 2. The number of benzene rings is 1. The molecule has 0 bridgehead atoms. The summed E-state index contributed by atoms with van der Waals surface area (Å²) >= 11 is 0. The van der Waals surface area contributed by atoms with Gasteiger partial charge in [0.2, 0.25) is 0 Å². The number of aromatic amines is 1. The van der Waals surface area contributed by atoms with Crippen LogP contribution in [-0.4, -0.2) is 11.5 Å². The number of nitrogens with one attached hydrogen (secondary N) is 1. The molecule has 0 unspecified atom stereocenters. The van der Waals surface area contributed by atoms with E-state index in [4.69, 9.17) is 5.73 Å². The molecule has 2 heteroatoms. The van der Waals surface area contributed by atoms with Gasteiger partial charge in [-0.15, -0.1) is 0 Å². The molecule has 13 heavy (non-hydrogen) atoms. The third kappa shape index (κ3) is 1.48. The molecule has 0 atom stereocenters. The lowest BCUT2D eigenvalue weighted by molar-refractivity contribution is 1.26. The van der Waals surface area contributed by atoms with E-state index in [0.717, 1.165) is 0 Å². The molecule has 3 N–H and O–H groups in total. The lowest BCUT2D eigenvalue weighted by Crippen LogP contribution is -1.91. The number of nitrogens with two attached hydrogens (primary N) is 1. The standard InChI is InChI=1S/C11H12N2/c12-7-2-5-9-3-1-4-10-6-8-13-11(9)10/h1-6,8,13H,7,12H2/b5-2+. The first-order valence-electron chi connectivity index (χ1n) is 4.34. The predicted molar refractivity (Wildman–Crippen MR) is 56.4 cm³/mol. The monoisotopic (exact) mass is 172 g/mol. The molecule has 2 aromatic rings. The van der Waals surface area contributed by atoms with Crippen LogP contribution in [0.5, 0.6) is 0 Å². The van der Waals surface area contributed by atoms with E-state index in [0.29, 0.717) is 6.54 Å². The summed E-state index contributed by atoms with van der Waals surface area (Å²) in [7, 11) is 0. The summed E-state index contributed by atoms with van der Waals surface area (Å²) in [5, 5.41) is 1.24. The molecule has 0 spiro atoms. The zero-order valence-electron chi connectivity index (χ0n) is 7.33. The van der Waals surface area contributed by atoms with E-state index in [1.807, 2.05) is 24.4 Å². The Hall–Kier alpha value is -1.54. The van der Waals surface area contributed by atoms with Crippen LogP contribution in [0.4, 0.5) is 0 Å². The van der Waals surface area contributed by atoms with Crippen molar-refractivity contribution in [3.63, 3.8) is 0 Å². The van der Waals surface area contributed by atoms with E-state index in [-0.39, 0.29) is 0 Å². The van der Waals surface area contributed by atoms with Crippen molar-refractivity contribution in [3.8, 4) is 0 Å². The maximum atomic E-state index is 5.40. The Morgan fingerprint density at radius 1 is 1.31 bits per heavy atom. The molecule has 2 rings (SSSR count). The van der Waals surface area contributed by atoms with Crippen LogP contribution in [0.3, 0.4) is 0 Å². The molecule has 0 saturated heterocycles. The van der Waals surface area contributed by atoms with Crippen LogP contribution in [0.1, 0.15) is 5.56 Å². The minimum Gasteiger partial charge on any atom is -0.361 e. The maximum Gasteiger partial charge on any atom is 0.0527 e. The summed E-state index contributed by atoms with van der Waals surface area (Å²) in [4.78, 5) is 3.20. The average Bonchev–Trinajstić information content (AvgIpc) is 2.62. The van der Waals surface area contributed by atoms with Gasteiger partial charge >= 0.3 is 0 Å². The Morgan fingerprint density at radius 3 is 3.08 bits per heavy atom. The molecule has 1 aromatic carbocycles. The second-order valence-corrected chi connectivity index (χ2v) is 2.93. The fraction of sp³-hybridized carbons (Fsp3) is 0.0909. The Labute approximate surface area is 77.1 Å².